The zero-order valence-corrected chi connectivity index (χ0v) is 14.3. The molecule has 1 atom stereocenters. The molecule has 1 aromatic carbocycles. The molecule has 4 nitrogen and oxygen atoms in total. The smallest absolute Gasteiger partial charge is 0.261 e. The van der Waals surface area contributed by atoms with Gasteiger partial charge in [0.05, 0.1) is 16.6 Å². The molecular formula is C15H21ClO4S. The Kier molecular flexibility index (Phi) is 4.57. The van der Waals surface area contributed by atoms with E-state index < -0.39 is 9.05 Å². The van der Waals surface area contributed by atoms with Crippen LogP contribution in [0.3, 0.4) is 0 Å². The third-order valence-electron chi connectivity index (χ3n) is 3.71. The van der Waals surface area contributed by atoms with Gasteiger partial charge in [-0.15, -0.1) is 0 Å². The van der Waals surface area contributed by atoms with Crippen molar-refractivity contribution in [3.05, 3.63) is 23.3 Å². The molecule has 0 saturated carbocycles. The number of hydrogen-bond acceptors (Lipinski definition) is 4. The molecule has 1 aliphatic heterocycles. The van der Waals surface area contributed by atoms with Crippen molar-refractivity contribution in [3.8, 4) is 5.75 Å². The molecule has 6 heteroatoms. The van der Waals surface area contributed by atoms with Crippen molar-refractivity contribution in [1.82, 2.24) is 0 Å². The van der Waals surface area contributed by atoms with Gasteiger partial charge in [-0.05, 0) is 63.8 Å². The zero-order valence-electron chi connectivity index (χ0n) is 12.8. The van der Waals surface area contributed by atoms with E-state index in [0.717, 1.165) is 18.4 Å². The van der Waals surface area contributed by atoms with E-state index in [0.29, 0.717) is 17.9 Å². The lowest BCUT2D eigenvalue weighted by Crippen LogP contribution is -2.24. The van der Waals surface area contributed by atoms with E-state index in [-0.39, 0.29) is 16.6 Å². The van der Waals surface area contributed by atoms with Gasteiger partial charge in [-0.1, -0.05) is 0 Å². The van der Waals surface area contributed by atoms with Gasteiger partial charge in [0, 0.05) is 10.7 Å². The number of hydrogen-bond donors (Lipinski definition) is 0. The lowest BCUT2D eigenvalue weighted by atomic mass is 10.1. The Bertz CT molecular complexity index is 637. The zero-order chi connectivity index (χ0) is 15.8. The highest BCUT2D eigenvalue weighted by atomic mass is 35.7. The monoisotopic (exact) mass is 332 g/mol. The van der Waals surface area contributed by atoms with Crippen molar-refractivity contribution in [2.45, 2.75) is 57.1 Å². The summed E-state index contributed by atoms with van der Waals surface area (Å²) in [5, 5.41) is 0. The van der Waals surface area contributed by atoms with Gasteiger partial charge in [0.15, 0.2) is 0 Å². The summed E-state index contributed by atoms with van der Waals surface area (Å²) in [6, 6.07) is 3.26. The second-order valence-electron chi connectivity index (χ2n) is 6.17. The predicted octanol–water partition coefficient (Wildman–Crippen LogP) is 3.57. The fourth-order valence-electron chi connectivity index (χ4n) is 2.56. The molecule has 0 amide bonds. The van der Waals surface area contributed by atoms with Gasteiger partial charge in [0.25, 0.3) is 9.05 Å². The first-order valence-electron chi connectivity index (χ1n) is 6.95. The molecule has 1 heterocycles. The molecule has 1 fully saturated rings. The van der Waals surface area contributed by atoms with E-state index in [4.69, 9.17) is 20.2 Å². The largest absolute Gasteiger partial charge is 0.491 e. The molecule has 0 aromatic heterocycles. The Morgan fingerprint density at radius 3 is 2.52 bits per heavy atom. The normalized spacial score (nSPS) is 21.5. The molecule has 0 bridgehead atoms. The highest BCUT2D eigenvalue weighted by molar-refractivity contribution is 8.13. The highest BCUT2D eigenvalue weighted by Gasteiger charge is 2.32. The first-order valence-corrected chi connectivity index (χ1v) is 9.26. The summed E-state index contributed by atoms with van der Waals surface area (Å²) in [4.78, 5) is 0.132. The maximum absolute atomic E-state index is 11.5. The van der Waals surface area contributed by atoms with E-state index in [1.807, 2.05) is 0 Å². The Balaban J connectivity index is 2.10. The maximum Gasteiger partial charge on any atom is 0.261 e. The topological polar surface area (TPSA) is 52.6 Å². The molecular weight excluding hydrogens is 312 g/mol. The molecule has 118 valence electrons. The van der Waals surface area contributed by atoms with Crippen molar-refractivity contribution >= 4 is 19.7 Å². The molecule has 0 aliphatic carbocycles. The van der Waals surface area contributed by atoms with Crippen LogP contribution in [0.5, 0.6) is 5.75 Å². The van der Waals surface area contributed by atoms with Crippen LogP contribution in [-0.2, 0) is 13.8 Å². The minimum absolute atomic E-state index is 0.0798. The Hall–Kier alpha value is -0.780. The van der Waals surface area contributed by atoms with E-state index >= 15 is 0 Å². The van der Waals surface area contributed by atoms with Gasteiger partial charge in [-0.2, -0.15) is 0 Å². The van der Waals surface area contributed by atoms with Crippen LogP contribution in [0.4, 0.5) is 0 Å². The molecule has 0 N–H and O–H groups in total. The fraction of sp³-hybridized carbons (Fsp3) is 0.600. The first kappa shape index (κ1) is 16.6. The summed E-state index contributed by atoms with van der Waals surface area (Å²) in [5.41, 5.74) is 1.24. The van der Waals surface area contributed by atoms with Crippen molar-refractivity contribution in [2.75, 3.05) is 6.61 Å². The van der Waals surface area contributed by atoms with Crippen LogP contribution < -0.4 is 4.74 Å². The molecule has 21 heavy (non-hydrogen) atoms. The summed E-state index contributed by atoms with van der Waals surface area (Å²) in [5.74, 6) is 0.671. The lowest BCUT2D eigenvalue weighted by Gasteiger charge is -2.20. The molecule has 1 aromatic rings. The van der Waals surface area contributed by atoms with E-state index in [1.165, 1.54) is 0 Å². The maximum atomic E-state index is 11.5. The number of rotatable bonds is 4. The minimum atomic E-state index is -3.73. The van der Waals surface area contributed by atoms with Crippen LogP contribution in [0.25, 0.3) is 0 Å². The lowest BCUT2D eigenvalue weighted by molar-refractivity contribution is -0.0327. The average Bonchev–Trinajstić information content (AvgIpc) is 2.68. The Morgan fingerprint density at radius 2 is 2.00 bits per heavy atom. The summed E-state index contributed by atoms with van der Waals surface area (Å²) in [7, 11) is 1.68. The van der Waals surface area contributed by atoms with Crippen molar-refractivity contribution in [1.29, 1.82) is 0 Å². The SMILES string of the molecule is Cc1cc(S(=O)(=O)Cl)c(C)cc1OCC1CCC(C)(C)O1. The van der Waals surface area contributed by atoms with Crippen LogP contribution in [0, 0.1) is 13.8 Å². The fourth-order valence-corrected chi connectivity index (χ4v) is 3.82. The first-order chi connectivity index (χ1) is 9.58. The Morgan fingerprint density at radius 1 is 1.33 bits per heavy atom. The van der Waals surface area contributed by atoms with Crippen molar-refractivity contribution in [3.63, 3.8) is 0 Å². The summed E-state index contributed by atoms with van der Waals surface area (Å²) < 4.78 is 34.6. The third kappa shape index (κ3) is 4.11. The third-order valence-corrected chi connectivity index (χ3v) is 5.18. The highest BCUT2D eigenvalue weighted by Crippen LogP contribution is 2.31. The van der Waals surface area contributed by atoms with Crippen LogP contribution in [0.2, 0.25) is 0 Å². The van der Waals surface area contributed by atoms with Gasteiger partial charge >= 0.3 is 0 Å². The molecule has 0 radical (unpaired) electrons. The number of benzene rings is 1. The molecule has 2 rings (SSSR count). The van der Waals surface area contributed by atoms with Gasteiger partial charge in [0.2, 0.25) is 0 Å². The van der Waals surface area contributed by atoms with Crippen molar-refractivity contribution < 1.29 is 17.9 Å². The molecule has 1 aliphatic rings. The van der Waals surface area contributed by atoms with Crippen LogP contribution >= 0.6 is 10.7 Å². The van der Waals surface area contributed by atoms with Gasteiger partial charge in [-0.25, -0.2) is 8.42 Å². The second kappa shape index (κ2) is 5.78. The molecule has 1 unspecified atom stereocenters. The van der Waals surface area contributed by atoms with Crippen LogP contribution in [-0.4, -0.2) is 26.7 Å². The van der Waals surface area contributed by atoms with Gasteiger partial charge < -0.3 is 9.47 Å². The summed E-state index contributed by atoms with van der Waals surface area (Å²) in [6.07, 6.45) is 2.07. The Labute approximate surface area is 130 Å². The van der Waals surface area contributed by atoms with Crippen LogP contribution in [0.15, 0.2) is 17.0 Å². The molecule has 0 spiro atoms. The van der Waals surface area contributed by atoms with E-state index in [9.17, 15) is 8.42 Å². The second-order valence-corrected chi connectivity index (χ2v) is 8.70. The van der Waals surface area contributed by atoms with Crippen LogP contribution in [0.1, 0.15) is 37.8 Å². The molecule has 1 saturated heterocycles. The number of halogens is 1. The average molecular weight is 333 g/mol. The predicted molar refractivity (Wildman–Crippen MR) is 82.6 cm³/mol. The van der Waals surface area contributed by atoms with E-state index in [1.54, 1.807) is 26.0 Å². The van der Waals surface area contributed by atoms with E-state index in [2.05, 4.69) is 13.8 Å². The summed E-state index contributed by atoms with van der Waals surface area (Å²) >= 11 is 0. The number of ether oxygens (including phenoxy) is 2. The minimum Gasteiger partial charge on any atom is -0.491 e. The summed E-state index contributed by atoms with van der Waals surface area (Å²) in [6.45, 7) is 8.12. The van der Waals surface area contributed by atoms with Crippen molar-refractivity contribution in [2.24, 2.45) is 0 Å². The van der Waals surface area contributed by atoms with Gasteiger partial charge in [0.1, 0.15) is 12.4 Å². The standard InChI is InChI=1S/C15H21ClO4S/c1-10-8-14(21(16,17)18)11(2)7-13(10)19-9-12-5-6-15(3,4)20-12/h7-8,12H,5-6,9H2,1-4H3. The quantitative estimate of drug-likeness (QED) is 0.791. The van der Waals surface area contributed by atoms with Gasteiger partial charge in [-0.3, -0.25) is 0 Å². The number of aryl methyl sites for hydroxylation is 2.